The SMILES string of the molecule is CCCNC(=O)N1CCN(CC2=C(C(=O)OCC)[C@@H](c3ccc(Cl)cc3Cl)NC(=O)N2C)CC1. The zero-order chi connectivity index (χ0) is 24.8. The van der Waals surface area contributed by atoms with E-state index in [9.17, 15) is 14.4 Å². The number of nitrogens with zero attached hydrogens (tertiary/aromatic N) is 3. The molecule has 0 aliphatic carbocycles. The number of urea groups is 2. The van der Waals surface area contributed by atoms with E-state index in [-0.39, 0.29) is 18.7 Å². The smallest absolute Gasteiger partial charge is 0.338 e. The number of benzene rings is 1. The van der Waals surface area contributed by atoms with Crippen molar-refractivity contribution < 1.29 is 19.1 Å². The number of hydrogen-bond acceptors (Lipinski definition) is 5. The van der Waals surface area contributed by atoms with Crippen LogP contribution in [0.25, 0.3) is 0 Å². The number of carbonyl (C=O) groups is 3. The number of likely N-dealkylation sites (N-methyl/N-ethyl adjacent to an activating group) is 1. The summed E-state index contributed by atoms with van der Waals surface area (Å²) in [7, 11) is 1.62. The molecule has 0 unspecified atom stereocenters. The van der Waals surface area contributed by atoms with Gasteiger partial charge in [-0.15, -0.1) is 0 Å². The van der Waals surface area contributed by atoms with Gasteiger partial charge in [-0.2, -0.15) is 0 Å². The molecule has 0 radical (unpaired) electrons. The molecular weight excluding hydrogens is 481 g/mol. The van der Waals surface area contributed by atoms with E-state index in [4.69, 9.17) is 27.9 Å². The lowest BCUT2D eigenvalue weighted by Crippen LogP contribution is -2.54. The van der Waals surface area contributed by atoms with Gasteiger partial charge in [0.05, 0.1) is 18.2 Å². The van der Waals surface area contributed by atoms with Crippen LogP contribution in [0.2, 0.25) is 10.0 Å². The predicted octanol–water partition coefficient (Wildman–Crippen LogP) is 3.24. The summed E-state index contributed by atoms with van der Waals surface area (Å²) in [5, 5.41) is 6.55. The van der Waals surface area contributed by atoms with Crippen molar-refractivity contribution in [2.75, 3.05) is 52.9 Å². The number of halogens is 2. The fraction of sp³-hybridized carbons (Fsp3) is 0.522. The Balaban J connectivity index is 1.88. The van der Waals surface area contributed by atoms with Gasteiger partial charge in [0.2, 0.25) is 0 Å². The van der Waals surface area contributed by atoms with Gasteiger partial charge in [0.25, 0.3) is 0 Å². The van der Waals surface area contributed by atoms with Crippen molar-refractivity contribution in [1.82, 2.24) is 25.3 Å². The maximum Gasteiger partial charge on any atom is 0.338 e. The van der Waals surface area contributed by atoms with E-state index in [1.165, 1.54) is 4.90 Å². The van der Waals surface area contributed by atoms with E-state index in [1.807, 2.05) is 6.92 Å². The van der Waals surface area contributed by atoms with Crippen molar-refractivity contribution in [3.63, 3.8) is 0 Å². The van der Waals surface area contributed by atoms with E-state index in [1.54, 1.807) is 37.1 Å². The zero-order valence-corrected chi connectivity index (χ0v) is 21.2. The van der Waals surface area contributed by atoms with Gasteiger partial charge in [0.1, 0.15) is 0 Å². The Morgan fingerprint density at radius 2 is 1.88 bits per heavy atom. The van der Waals surface area contributed by atoms with Crippen molar-refractivity contribution >= 4 is 41.2 Å². The van der Waals surface area contributed by atoms with Crippen LogP contribution in [0.5, 0.6) is 0 Å². The highest BCUT2D eigenvalue weighted by Gasteiger charge is 2.38. The largest absolute Gasteiger partial charge is 0.463 e. The minimum atomic E-state index is -0.774. The fourth-order valence-corrected chi connectivity index (χ4v) is 4.55. The average Bonchev–Trinajstić information content (AvgIpc) is 2.81. The molecule has 0 saturated carbocycles. The quantitative estimate of drug-likeness (QED) is 0.548. The molecule has 1 saturated heterocycles. The van der Waals surface area contributed by atoms with Gasteiger partial charge in [-0.3, -0.25) is 9.80 Å². The number of esters is 1. The molecule has 186 valence electrons. The van der Waals surface area contributed by atoms with Crippen LogP contribution in [-0.4, -0.2) is 85.7 Å². The van der Waals surface area contributed by atoms with Crippen molar-refractivity contribution in [2.45, 2.75) is 26.3 Å². The molecule has 2 aliphatic rings. The van der Waals surface area contributed by atoms with E-state index in [0.29, 0.717) is 66.1 Å². The lowest BCUT2D eigenvalue weighted by atomic mass is 9.94. The topological polar surface area (TPSA) is 94.2 Å². The van der Waals surface area contributed by atoms with Crippen molar-refractivity contribution in [3.05, 3.63) is 45.1 Å². The fourth-order valence-electron chi connectivity index (χ4n) is 4.03. The maximum absolute atomic E-state index is 13.1. The molecule has 2 N–H and O–H groups in total. The van der Waals surface area contributed by atoms with Gasteiger partial charge in [0, 0.05) is 62.1 Å². The minimum absolute atomic E-state index is 0.0699. The number of rotatable bonds is 7. The molecule has 2 heterocycles. The van der Waals surface area contributed by atoms with Crippen molar-refractivity contribution in [3.8, 4) is 0 Å². The van der Waals surface area contributed by atoms with Crippen LogP contribution in [0.1, 0.15) is 31.9 Å². The van der Waals surface area contributed by atoms with E-state index >= 15 is 0 Å². The predicted molar refractivity (Wildman–Crippen MR) is 131 cm³/mol. The van der Waals surface area contributed by atoms with Gasteiger partial charge >= 0.3 is 18.0 Å². The Morgan fingerprint density at radius 1 is 1.18 bits per heavy atom. The Morgan fingerprint density at radius 3 is 2.50 bits per heavy atom. The first-order chi connectivity index (χ1) is 16.3. The van der Waals surface area contributed by atoms with E-state index in [2.05, 4.69) is 15.5 Å². The lowest BCUT2D eigenvalue weighted by molar-refractivity contribution is -0.139. The molecule has 34 heavy (non-hydrogen) atoms. The molecule has 4 amide bonds. The molecule has 3 rings (SSSR count). The third-order valence-corrected chi connectivity index (χ3v) is 6.47. The first-order valence-electron chi connectivity index (χ1n) is 11.4. The van der Waals surface area contributed by atoms with Crippen LogP contribution in [0, 0.1) is 0 Å². The van der Waals surface area contributed by atoms with Gasteiger partial charge in [-0.05, 0) is 31.0 Å². The maximum atomic E-state index is 13.1. The second kappa shape index (κ2) is 11.8. The molecule has 11 heteroatoms. The molecule has 2 aliphatic heterocycles. The second-order valence-corrected chi connectivity index (χ2v) is 9.03. The molecule has 1 fully saturated rings. The molecule has 1 aromatic rings. The molecule has 9 nitrogen and oxygen atoms in total. The van der Waals surface area contributed by atoms with Gasteiger partial charge < -0.3 is 20.3 Å². The Hall–Kier alpha value is -2.49. The summed E-state index contributed by atoms with van der Waals surface area (Å²) in [5.74, 6) is -0.516. The van der Waals surface area contributed by atoms with E-state index < -0.39 is 12.0 Å². The first kappa shape index (κ1) is 26.1. The van der Waals surface area contributed by atoms with Crippen LogP contribution in [0.3, 0.4) is 0 Å². The third kappa shape index (κ3) is 5.95. The second-order valence-electron chi connectivity index (χ2n) is 8.18. The first-order valence-corrected chi connectivity index (χ1v) is 12.2. The molecule has 1 atom stereocenters. The summed E-state index contributed by atoms with van der Waals surface area (Å²) in [6.45, 7) is 7.26. The molecule has 0 aromatic heterocycles. The molecule has 1 aromatic carbocycles. The van der Waals surface area contributed by atoms with E-state index in [0.717, 1.165) is 6.42 Å². The highest BCUT2D eigenvalue weighted by atomic mass is 35.5. The minimum Gasteiger partial charge on any atom is -0.463 e. The van der Waals surface area contributed by atoms with Crippen LogP contribution in [0.15, 0.2) is 29.5 Å². The van der Waals surface area contributed by atoms with Gasteiger partial charge in [-0.1, -0.05) is 36.2 Å². The summed E-state index contributed by atoms with van der Waals surface area (Å²) in [5.41, 5.74) is 1.43. The number of hydrogen-bond donors (Lipinski definition) is 2. The average molecular weight is 512 g/mol. The standard InChI is InChI=1S/C23H31Cl2N5O4/c1-4-8-26-22(32)30-11-9-29(10-12-30)14-18-19(21(31)34-5-2)20(27-23(33)28(18)3)16-7-6-15(24)13-17(16)25/h6-7,13,20H,4-5,8-12,14H2,1-3H3,(H,26,32)(H,27,33)/t20-/m1/s1. The van der Waals surface area contributed by atoms with Gasteiger partial charge in [0.15, 0.2) is 0 Å². The van der Waals surface area contributed by atoms with Crippen LogP contribution < -0.4 is 10.6 Å². The summed E-state index contributed by atoms with van der Waals surface area (Å²) < 4.78 is 5.36. The third-order valence-electron chi connectivity index (χ3n) is 5.90. The number of amides is 4. The Bertz CT molecular complexity index is 963. The van der Waals surface area contributed by atoms with Gasteiger partial charge in [-0.25, -0.2) is 14.4 Å². The number of carbonyl (C=O) groups excluding carboxylic acids is 3. The van der Waals surface area contributed by atoms with Crippen molar-refractivity contribution in [2.24, 2.45) is 0 Å². The normalized spacial score (nSPS) is 19.2. The zero-order valence-electron chi connectivity index (χ0n) is 19.7. The highest BCUT2D eigenvalue weighted by Crippen LogP contribution is 2.36. The lowest BCUT2D eigenvalue weighted by Gasteiger charge is -2.39. The summed E-state index contributed by atoms with van der Waals surface area (Å²) in [4.78, 5) is 43.5. The number of ether oxygens (including phenoxy) is 1. The summed E-state index contributed by atoms with van der Waals surface area (Å²) in [6, 6.07) is 3.75. The number of piperazine rings is 1. The molecule has 0 spiro atoms. The highest BCUT2D eigenvalue weighted by molar-refractivity contribution is 6.35. The van der Waals surface area contributed by atoms with Crippen LogP contribution >= 0.6 is 23.2 Å². The Labute approximate surface area is 210 Å². The molecular formula is C23H31Cl2N5O4. The Kier molecular flexibility index (Phi) is 9.04. The summed E-state index contributed by atoms with van der Waals surface area (Å²) >= 11 is 12.5. The number of nitrogens with one attached hydrogen (secondary N) is 2. The monoisotopic (exact) mass is 511 g/mol. The molecule has 0 bridgehead atoms. The van der Waals surface area contributed by atoms with Crippen LogP contribution in [-0.2, 0) is 9.53 Å². The van der Waals surface area contributed by atoms with Crippen LogP contribution in [0.4, 0.5) is 9.59 Å². The summed E-state index contributed by atoms with van der Waals surface area (Å²) in [6.07, 6.45) is 0.879. The van der Waals surface area contributed by atoms with Crippen molar-refractivity contribution in [1.29, 1.82) is 0 Å².